The Labute approximate surface area is 119 Å². The van der Waals surface area contributed by atoms with E-state index < -0.39 is 21.5 Å². The van der Waals surface area contributed by atoms with Crippen molar-refractivity contribution in [1.29, 1.82) is 0 Å². The molecule has 0 saturated heterocycles. The molecule has 20 heavy (non-hydrogen) atoms. The molecule has 0 aliphatic carbocycles. The Morgan fingerprint density at radius 1 is 1.25 bits per heavy atom. The third-order valence-electron chi connectivity index (χ3n) is 3.44. The van der Waals surface area contributed by atoms with Crippen LogP contribution >= 0.6 is 0 Å². The van der Waals surface area contributed by atoms with Gasteiger partial charge in [-0.25, -0.2) is 17.9 Å². The second kappa shape index (κ2) is 6.23. The number of para-hydroxylation sites is 1. The number of carbonyl (C=O) groups is 1. The van der Waals surface area contributed by atoms with Crippen molar-refractivity contribution in [3.8, 4) is 0 Å². The molecule has 7 heteroatoms. The first kappa shape index (κ1) is 16.5. The van der Waals surface area contributed by atoms with Crippen molar-refractivity contribution in [3.05, 3.63) is 24.3 Å². The average molecular weight is 300 g/mol. The van der Waals surface area contributed by atoms with E-state index in [2.05, 4.69) is 10.0 Å². The van der Waals surface area contributed by atoms with Crippen molar-refractivity contribution in [3.63, 3.8) is 0 Å². The van der Waals surface area contributed by atoms with Crippen molar-refractivity contribution >= 4 is 21.7 Å². The van der Waals surface area contributed by atoms with Gasteiger partial charge in [-0.3, -0.25) is 0 Å². The number of nitrogens with one attached hydrogen (secondary N) is 2. The zero-order valence-corrected chi connectivity index (χ0v) is 12.6. The Bertz CT molecular complexity index is 580. The largest absolute Gasteiger partial charge is 0.480 e. The van der Waals surface area contributed by atoms with Gasteiger partial charge in [0.2, 0.25) is 10.0 Å². The van der Waals surface area contributed by atoms with Gasteiger partial charge in [-0.1, -0.05) is 26.0 Å². The normalized spacial score (nSPS) is 12.2. The fourth-order valence-corrected chi connectivity index (χ4v) is 2.84. The van der Waals surface area contributed by atoms with Crippen LogP contribution in [-0.2, 0) is 14.8 Å². The van der Waals surface area contributed by atoms with Crippen LogP contribution in [0, 0.1) is 0 Å². The minimum Gasteiger partial charge on any atom is -0.480 e. The van der Waals surface area contributed by atoms with Crippen LogP contribution in [0.25, 0.3) is 0 Å². The molecule has 0 radical (unpaired) electrons. The minimum atomic E-state index is -3.65. The van der Waals surface area contributed by atoms with Crippen molar-refractivity contribution in [2.75, 3.05) is 12.4 Å². The second-order valence-corrected chi connectivity index (χ2v) is 6.28. The van der Waals surface area contributed by atoms with Gasteiger partial charge in [-0.15, -0.1) is 0 Å². The summed E-state index contributed by atoms with van der Waals surface area (Å²) in [6.45, 7) is 3.50. The summed E-state index contributed by atoms with van der Waals surface area (Å²) < 4.78 is 26.1. The zero-order chi connectivity index (χ0) is 15.4. The van der Waals surface area contributed by atoms with Crippen molar-refractivity contribution in [2.24, 2.45) is 0 Å². The summed E-state index contributed by atoms with van der Waals surface area (Å²) in [6, 6.07) is 6.25. The molecule has 0 atom stereocenters. The number of hydrogen-bond donors (Lipinski definition) is 3. The quantitative estimate of drug-likeness (QED) is 0.711. The second-order valence-electron chi connectivity index (χ2n) is 4.42. The van der Waals surface area contributed by atoms with Crippen molar-refractivity contribution in [1.82, 2.24) is 4.72 Å². The van der Waals surface area contributed by atoms with Gasteiger partial charge in [-0.05, 0) is 32.0 Å². The van der Waals surface area contributed by atoms with Gasteiger partial charge in [-0.2, -0.15) is 0 Å². The standard InChI is InChI=1S/C13H20N2O4S/c1-4-13(5-2,12(16)17)15-10-8-6-7-9-11(10)20(18,19)14-3/h6-9,14-15H,4-5H2,1-3H3,(H,16,17). The first-order valence-corrected chi connectivity index (χ1v) is 7.85. The number of benzene rings is 1. The Balaban J connectivity index is 3.32. The minimum absolute atomic E-state index is 0.0371. The number of carboxylic acid groups (broad SMARTS) is 1. The molecule has 0 bridgehead atoms. The maximum absolute atomic E-state index is 12.0. The molecule has 0 amide bonds. The SMILES string of the molecule is CCC(CC)(Nc1ccccc1S(=O)(=O)NC)C(=O)O. The summed E-state index contributed by atoms with van der Waals surface area (Å²) in [7, 11) is -2.33. The smallest absolute Gasteiger partial charge is 0.329 e. The molecule has 6 nitrogen and oxygen atoms in total. The monoisotopic (exact) mass is 300 g/mol. The molecule has 1 rings (SSSR count). The van der Waals surface area contributed by atoms with Gasteiger partial charge in [0, 0.05) is 0 Å². The number of rotatable bonds is 7. The van der Waals surface area contributed by atoms with Crippen LogP contribution in [0.2, 0.25) is 0 Å². The Hall–Kier alpha value is -1.60. The van der Waals surface area contributed by atoms with Crippen molar-refractivity contribution in [2.45, 2.75) is 37.1 Å². The van der Waals surface area contributed by atoms with Crippen LogP contribution in [-0.4, -0.2) is 32.1 Å². The summed E-state index contributed by atoms with van der Waals surface area (Å²) >= 11 is 0. The maximum Gasteiger partial charge on any atom is 0.329 e. The van der Waals surface area contributed by atoms with E-state index >= 15 is 0 Å². The maximum atomic E-state index is 12.0. The van der Waals surface area contributed by atoms with E-state index in [9.17, 15) is 18.3 Å². The molecule has 0 heterocycles. The van der Waals surface area contributed by atoms with E-state index in [1.807, 2.05) is 0 Å². The molecule has 112 valence electrons. The number of aliphatic carboxylic acids is 1. The third-order valence-corrected chi connectivity index (χ3v) is 4.91. The molecule has 0 aliphatic rings. The molecule has 0 spiro atoms. The van der Waals surface area contributed by atoms with Crippen LogP contribution in [0.4, 0.5) is 5.69 Å². The first-order chi connectivity index (χ1) is 9.33. The number of anilines is 1. The van der Waals surface area contributed by atoms with Gasteiger partial charge < -0.3 is 10.4 Å². The lowest BCUT2D eigenvalue weighted by Gasteiger charge is -2.30. The molecular weight excluding hydrogens is 280 g/mol. The van der Waals surface area contributed by atoms with Gasteiger partial charge in [0.15, 0.2) is 0 Å². The van der Waals surface area contributed by atoms with Crippen molar-refractivity contribution < 1.29 is 18.3 Å². The van der Waals surface area contributed by atoms with Crippen LogP contribution in [0.15, 0.2) is 29.2 Å². The van der Waals surface area contributed by atoms with Crippen LogP contribution in [0.1, 0.15) is 26.7 Å². The topological polar surface area (TPSA) is 95.5 Å². The lowest BCUT2D eigenvalue weighted by molar-refractivity contribution is -0.142. The summed E-state index contributed by atoms with van der Waals surface area (Å²) in [5.74, 6) is -1.00. The number of hydrogen-bond acceptors (Lipinski definition) is 4. The predicted octanol–water partition coefficient (Wildman–Crippen LogP) is 1.65. The highest BCUT2D eigenvalue weighted by Crippen LogP contribution is 2.27. The van der Waals surface area contributed by atoms with Gasteiger partial charge in [0.05, 0.1) is 5.69 Å². The molecule has 0 aliphatic heterocycles. The van der Waals surface area contributed by atoms with E-state index in [1.54, 1.807) is 32.0 Å². The van der Waals surface area contributed by atoms with Crippen LogP contribution in [0.5, 0.6) is 0 Å². The molecule has 1 aromatic carbocycles. The molecule has 0 aromatic heterocycles. The Morgan fingerprint density at radius 3 is 2.25 bits per heavy atom. The average Bonchev–Trinajstić information content (AvgIpc) is 2.44. The zero-order valence-electron chi connectivity index (χ0n) is 11.8. The highest BCUT2D eigenvalue weighted by Gasteiger charge is 2.35. The first-order valence-electron chi connectivity index (χ1n) is 6.37. The Morgan fingerprint density at radius 2 is 1.80 bits per heavy atom. The lowest BCUT2D eigenvalue weighted by Crippen LogP contribution is -2.45. The van der Waals surface area contributed by atoms with Gasteiger partial charge in [0.1, 0.15) is 10.4 Å². The number of carboxylic acids is 1. The fourth-order valence-electron chi connectivity index (χ4n) is 1.95. The van der Waals surface area contributed by atoms with Gasteiger partial charge in [0.25, 0.3) is 0 Å². The van der Waals surface area contributed by atoms with Crippen LogP contribution < -0.4 is 10.0 Å². The molecule has 1 aromatic rings. The predicted molar refractivity (Wildman–Crippen MR) is 77.3 cm³/mol. The van der Waals surface area contributed by atoms with E-state index in [0.29, 0.717) is 12.8 Å². The van der Waals surface area contributed by atoms with Gasteiger partial charge >= 0.3 is 5.97 Å². The third kappa shape index (κ3) is 3.10. The Kier molecular flexibility index (Phi) is 5.13. The van der Waals surface area contributed by atoms with E-state index in [-0.39, 0.29) is 10.6 Å². The molecular formula is C13H20N2O4S. The van der Waals surface area contributed by atoms with E-state index in [1.165, 1.54) is 13.1 Å². The summed E-state index contributed by atoms with van der Waals surface area (Å²) in [5, 5.41) is 12.3. The van der Waals surface area contributed by atoms with E-state index in [0.717, 1.165) is 0 Å². The highest BCUT2D eigenvalue weighted by molar-refractivity contribution is 7.89. The van der Waals surface area contributed by atoms with E-state index in [4.69, 9.17) is 0 Å². The number of sulfonamides is 1. The summed E-state index contributed by atoms with van der Waals surface area (Å²) in [4.78, 5) is 11.5. The molecule has 0 unspecified atom stereocenters. The highest BCUT2D eigenvalue weighted by atomic mass is 32.2. The lowest BCUT2D eigenvalue weighted by atomic mass is 9.92. The summed E-state index contributed by atoms with van der Waals surface area (Å²) in [6.07, 6.45) is 0.680. The molecule has 0 saturated carbocycles. The fraction of sp³-hybridized carbons (Fsp3) is 0.462. The van der Waals surface area contributed by atoms with Crippen LogP contribution in [0.3, 0.4) is 0 Å². The summed E-state index contributed by atoms with van der Waals surface area (Å²) in [5.41, 5.74) is -0.896. The molecule has 0 fully saturated rings. The molecule has 3 N–H and O–H groups in total.